The van der Waals surface area contributed by atoms with E-state index in [0.717, 1.165) is 9.06 Å². The van der Waals surface area contributed by atoms with E-state index in [0.29, 0.717) is 11.1 Å². The lowest BCUT2D eigenvalue weighted by atomic mass is 10.1. The molecule has 8 heteroatoms. The fourth-order valence-electron chi connectivity index (χ4n) is 1.21. The number of hydrogen-bond donors (Lipinski definition) is 2. The molecule has 0 radical (unpaired) electrons. The highest BCUT2D eigenvalue weighted by Crippen LogP contribution is 2.06. The van der Waals surface area contributed by atoms with Crippen LogP contribution in [-0.2, 0) is 0 Å². The molecule has 0 unspecified atom stereocenters. The summed E-state index contributed by atoms with van der Waals surface area (Å²) < 4.78 is 2.00. The van der Waals surface area contributed by atoms with Crippen LogP contribution in [0.15, 0.2) is 24.3 Å². The predicted molar refractivity (Wildman–Crippen MR) is 68.6 cm³/mol. The molecule has 0 saturated carbocycles. The first-order valence-corrected chi connectivity index (χ1v) is 5.59. The van der Waals surface area contributed by atoms with Crippen LogP contribution in [-0.4, -0.2) is 35.0 Å². The molecule has 0 heterocycles. The Morgan fingerprint density at radius 1 is 1.00 bits per heavy atom. The molecule has 1 aromatic rings. The molecule has 0 saturated heterocycles. The predicted octanol–water partition coefficient (Wildman–Crippen LogP) is 1.15. The quantitative estimate of drug-likeness (QED) is 0.645. The van der Waals surface area contributed by atoms with Crippen molar-refractivity contribution in [2.75, 3.05) is 14.1 Å². The summed E-state index contributed by atoms with van der Waals surface area (Å²) in [5.74, 6) is -0.831. The largest absolute Gasteiger partial charge is 0.271 e. The van der Waals surface area contributed by atoms with Gasteiger partial charge in [-0.2, -0.15) is 0 Å². The summed E-state index contributed by atoms with van der Waals surface area (Å²) in [4.78, 5) is 23.3. The summed E-state index contributed by atoms with van der Waals surface area (Å²) in [5, 5.41) is 0. The van der Waals surface area contributed by atoms with E-state index in [-0.39, 0.29) is 0 Å². The first kappa shape index (κ1) is 14.7. The number of carbonyl (C=O) groups excluding carboxylic acids is 2. The van der Waals surface area contributed by atoms with Gasteiger partial charge < -0.3 is 0 Å². The van der Waals surface area contributed by atoms with Crippen LogP contribution in [0.2, 0.25) is 0 Å². The molecule has 2 amide bonds. The number of nitrogens with zero attached hydrogens (tertiary/aromatic N) is 2. The minimum atomic E-state index is -0.415. The molecule has 6 nitrogen and oxygen atoms in total. The number of amides is 2. The van der Waals surface area contributed by atoms with E-state index in [1.165, 1.54) is 20.2 Å². The van der Waals surface area contributed by atoms with Gasteiger partial charge in [0, 0.05) is 25.2 Å². The van der Waals surface area contributed by atoms with Gasteiger partial charge in [-0.05, 0) is 41.8 Å². The number of benzene rings is 1. The van der Waals surface area contributed by atoms with E-state index >= 15 is 0 Å². The normalized spacial score (nSPS) is 10.6. The Morgan fingerprint density at radius 2 is 1.39 bits per heavy atom. The molecule has 0 fully saturated rings. The van der Waals surface area contributed by atoms with Gasteiger partial charge >= 0.3 is 0 Å². The van der Waals surface area contributed by atoms with Crippen molar-refractivity contribution >= 4 is 35.4 Å². The lowest BCUT2D eigenvalue weighted by molar-refractivity contribution is 0.0896. The standard InChI is InChI=1S/C10H12Cl2N4O2/c1-15(11)13-9(17)7-4-3-5-8(6-7)10(18)14-16(2)12/h3-6H,1-2H3,(H,13,17)(H,14,18). The number of nitrogens with one attached hydrogen (secondary N) is 2. The average molecular weight is 291 g/mol. The second-order valence-corrected chi connectivity index (χ2v) is 4.43. The highest BCUT2D eigenvalue weighted by molar-refractivity contribution is 6.14. The maximum Gasteiger partial charge on any atom is 0.266 e. The second kappa shape index (κ2) is 6.55. The van der Waals surface area contributed by atoms with Gasteiger partial charge in [0.15, 0.2) is 0 Å². The van der Waals surface area contributed by atoms with Crippen LogP contribution in [0.1, 0.15) is 20.7 Å². The Hall–Kier alpha value is -1.34. The number of hydrazine groups is 2. The van der Waals surface area contributed by atoms with E-state index in [1.54, 1.807) is 18.2 Å². The molecule has 0 bridgehead atoms. The first-order valence-electron chi connectivity index (χ1n) is 4.91. The summed E-state index contributed by atoms with van der Waals surface area (Å²) in [7, 11) is 2.94. The maximum absolute atomic E-state index is 11.6. The van der Waals surface area contributed by atoms with Gasteiger partial charge in [0.1, 0.15) is 0 Å². The van der Waals surface area contributed by atoms with Gasteiger partial charge in [-0.15, -0.1) is 9.06 Å². The number of carbonyl (C=O) groups is 2. The third kappa shape index (κ3) is 4.50. The molecule has 0 aromatic heterocycles. The molecule has 1 aromatic carbocycles. The summed E-state index contributed by atoms with van der Waals surface area (Å²) in [5.41, 5.74) is 5.34. The Kier molecular flexibility index (Phi) is 5.36. The summed E-state index contributed by atoms with van der Waals surface area (Å²) in [6.07, 6.45) is 0. The van der Waals surface area contributed by atoms with Gasteiger partial charge in [-0.1, -0.05) is 6.07 Å². The van der Waals surface area contributed by atoms with Crippen LogP contribution in [0.4, 0.5) is 0 Å². The average Bonchev–Trinajstić information content (AvgIpc) is 2.27. The van der Waals surface area contributed by atoms with Crippen LogP contribution in [0.3, 0.4) is 0 Å². The summed E-state index contributed by atoms with van der Waals surface area (Å²) in [6.45, 7) is 0. The maximum atomic E-state index is 11.6. The van der Waals surface area contributed by atoms with Crippen LogP contribution in [0.25, 0.3) is 0 Å². The van der Waals surface area contributed by atoms with Gasteiger partial charge in [0.25, 0.3) is 11.8 Å². The van der Waals surface area contributed by atoms with Crippen molar-refractivity contribution in [3.63, 3.8) is 0 Å². The zero-order chi connectivity index (χ0) is 13.7. The van der Waals surface area contributed by atoms with E-state index < -0.39 is 11.8 Å². The number of hydrogen-bond acceptors (Lipinski definition) is 4. The van der Waals surface area contributed by atoms with Crippen LogP contribution >= 0.6 is 23.6 Å². The topological polar surface area (TPSA) is 64.7 Å². The fourth-order valence-corrected chi connectivity index (χ4v) is 1.36. The van der Waals surface area contributed by atoms with Crippen molar-refractivity contribution in [2.45, 2.75) is 0 Å². The molecule has 98 valence electrons. The molecule has 0 spiro atoms. The Bertz CT molecular complexity index is 414. The summed E-state index contributed by atoms with van der Waals surface area (Å²) >= 11 is 11.0. The Balaban J connectivity index is 2.85. The molecular formula is C10H12Cl2N4O2. The molecule has 0 aliphatic carbocycles. The van der Waals surface area contributed by atoms with Crippen molar-refractivity contribution in [3.8, 4) is 0 Å². The van der Waals surface area contributed by atoms with Gasteiger partial charge in [-0.25, -0.2) is 0 Å². The highest BCUT2D eigenvalue weighted by Gasteiger charge is 2.11. The molecule has 0 aliphatic heterocycles. The molecule has 0 atom stereocenters. The fraction of sp³-hybridized carbons (Fsp3) is 0.200. The Labute approximate surface area is 115 Å². The smallest absolute Gasteiger partial charge is 0.266 e. The van der Waals surface area contributed by atoms with Crippen LogP contribution < -0.4 is 10.9 Å². The molecule has 2 N–H and O–H groups in total. The van der Waals surface area contributed by atoms with E-state index in [4.69, 9.17) is 23.6 Å². The zero-order valence-electron chi connectivity index (χ0n) is 9.78. The van der Waals surface area contributed by atoms with E-state index in [2.05, 4.69) is 10.9 Å². The monoisotopic (exact) mass is 290 g/mol. The minimum absolute atomic E-state index is 0.312. The first-order chi connectivity index (χ1) is 8.40. The molecule has 18 heavy (non-hydrogen) atoms. The van der Waals surface area contributed by atoms with Crippen molar-refractivity contribution in [1.29, 1.82) is 0 Å². The van der Waals surface area contributed by atoms with Gasteiger partial charge in [-0.3, -0.25) is 20.4 Å². The molecular weight excluding hydrogens is 279 g/mol. The van der Waals surface area contributed by atoms with Crippen molar-refractivity contribution in [3.05, 3.63) is 35.4 Å². The molecule has 0 aliphatic rings. The van der Waals surface area contributed by atoms with Crippen molar-refractivity contribution in [2.24, 2.45) is 0 Å². The lowest BCUT2D eigenvalue weighted by Crippen LogP contribution is -2.34. The Morgan fingerprint density at radius 3 is 1.72 bits per heavy atom. The van der Waals surface area contributed by atoms with Gasteiger partial charge in [0.05, 0.1) is 0 Å². The highest BCUT2D eigenvalue weighted by atomic mass is 35.5. The number of halogens is 2. The van der Waals surface area contributed by atoms with E-state index in [1.807, 2.05) is 0 Å². The second-order valence-electron chi connectivity index (χ2n) is 3.42. The number of rotatable bonds is 4. The summed E-state index contributed by atoms with van der Waals surface area (Å²) in [6, 6.07) is 6.16. The molecule has 1 rings (SSSR count). The third-order valence-corrected chi connectivity index (χ3v) is 2.07. The van der Waals surface area contributed by atoms with Crippen molar-refractivity contribution < 1.29 is 9.59 Å². The van der Waals surface area contributed by atoms with Gasteiger partial charge in [0.2, 0.25) is 0 Å². The SMILES string of the molecule is CN(Cl)NC(=O)c1cccc(C(=O)NN(C)Cl)c1. The lowest BCUT2D eigenvalue weighted by Gasteiger charge is -2.11. The zero-order valence-corrected chi connectivity index (χ0v) is 11.3. The third-order valence-electron chi connectivity index (χ3n) is 1.90. The van der Waals surface area contributed by atoms with Crippen LogP contribution in [0, 0.1) is 0 Å². The van der Waals surface area contributed by atoms with E-state index in [9.17, 15) is 9.59 Å². The van der Waals surface area contributed by atoms with Crippen molar-refractivity contribution in [1.82, 2.24) is 19.9 Å². The minimum Gasteiger partial charge on any atom is -0.271 e. The van der Waals surface area contributed by atoms with Crippen LogP contribution in [0.5, 0.6) is 0 Å².